The zero-order valence-corrected chi connectivity index (χ0v) is 14.4. The van der Waals surface area contributed by atoms with E-state index in [-0.39, 0.29) is 17.2 Å². The monoisotopic (exact) mass is 479 g/mol. The van der Waals surface area contributed by atoms with Crippen LogP contribution in [-0.2, 0) is 0 Å². The van der Waals surface area contributed by atoms with Gasteiger partial charge in [0, 0.05) is 9.26 Å². The number of nitrogens with one attached hydrogen (secondary N) is 1. The smallest absolute Gasteiger partial charge is 0.259 e. The van der Waals surface area contributed by atoms with E-state index in [1.807, 2.05) is 59.8 Å². The molecule has 0 radical (unpaired) electrons. The van der Waals surface area contributed by atoms with Crippen LogP contribution in [0.5, 0.6) is 5.75 Å². The summed E-state index contributed by atoms with van der Waals surface area (Å²) in [6.07, 6.45) is 0. The van der Waals surface area contributed by atoms with Crippen molar-refractivity contribution < 1.29 is 9.90 Å². The number of carbonyl (C=O) groups is 1. The summed E-state index contributed by atoms with van der Waals surface area (Å²) in [4.78, 5) is 12.1. The lowest BCUT2D eigenvalue weighted by atomic mass is 10.1. The summed E-state index contributed by atoms with van der Waals surface area (Å²) in [7, 11) is 0. The number of anilines is 1. The van der Waals surface area contributed by atoms with Crippen molar-refractivity contribution in [3.63, 3.8) is 0 Å². The van der Waals surface area contributed by atoms with Gasteiger partial charge in [0.25, 0.3) is 5.91 Å². The maximum Gasteiger partial charge on any atom is 0.259 e. The molecule has 2 rings (SSSR count). The van der Waals surface area contributed by atoms with E-state index < -0.39 is 0 Å². The highest BCUT2D eigenvalue weighted by atomic mass is 127. The fraction of sp³-hybridized carbons (Fsp3) is 0.0714. The first-order valence-corrected chi connectivity index (χ1v) is 7.69. The molecule has 98 valence electrons. The van der Waals surface area contributed by atoms with Gasteiger partial charge in [-0.1, -0.05) is 17.7 Å². The van der Waals surface area contributed by atoms with Gasteiger partial charge in [0.15, 0.2) is 0 Å². The van der Waals surface area contributed by atoms with Crippen LogP contribution >= 0.6 is 45.2 Å². The van der Waals surface area contributed by atoms with E-state index in [1.165, 1.54) is 0 Å². The molecule has 0 atom stereocenters. The number of benzene rings is 2. The molecule has 3 nitrogen and oxygen atoms in total. The largest absolute Gasteiger partial charge is 0.506 e. The third-order valence-corrected chi connectivity index (χ3v) is 4.03. The molecular weight excluding hydrogens is 468 g/mol. The second-order valence-corrected chi connectivity index (χ2v) is 6.51. The van der Waals surface area contributed by atoms with Gasteiger partial charge in [0.05, 0.1) is 9.13 Å². The third-order valence-electron chi connectivity index (χ3n) is 2.58. The minimum absolute atomic E-state index is 0.0191. The van der Waals surface area contributed by atoms with Crippen molar-refractivity contribution in [1.82, 2.24) is 0 Å². The van der Waals surface area contributed by atoms with Crippen molar-refractivity contribution in [2.45, 2.75) is 6.92 Å². The van der Waals surface area contributed by atoms with Crippen molar-refractivity contribution in [2.75, 3.05) is 5.32 Å². The van der Waals surface area contributed by atoms with E-state index >= 15 is 0 Å². The minimum Gasteiger partial charge on any atom is -0.506 e. The number of hydrogen-bond acceptors (Lipinski definition) is 2. The summed E-state index contributed by atoms with van der Waals surface area (Å²) in [5.41, 5.74) is 2.13. The molecule has 0 saturated carbocycles. The molecule has 2 aromatic rings. The summed E-state index contributed by atoms with van der Waals surface area (Å²) < 4.78 is 1.58. The molecule has 0 spiro atoms. The molecule has 0 aliphatic carbocycles. The van der Waals surface area contributed by atoms with Crippen molar-refractivity contribution in [3.8, 4) is 5.75 Å². The minimum atomic E-state index is -0.308. The van der Waals surface area contributed by atoms with Gasteiger partial charge in [-0.15, -0.1) is 0 Å². The fourth-order valence-electron chi connectivity index (χ4n) is 1.57. The molecule has 5 heteroatoms. The van der Waals surface area contributed by atoms with Crippen LogP contribution in [0.2, 0.25) is 0 Å². The van der Waals surface area contributed by atoms with Crippen LogP contribution in [0, 0.1) is 14.1 Å². The maximum absolute atomic E-state index is 12.1. The molecule has 0 unspecified atom stereocenters. The van der Waals surface area contributed by atoms with E-state index in [2.05, 4.69) is 27.9 Å². The van der Waals surface area contributed by atoms with E-state index in [9.17, 15) is 9.90 Å². The Morgan fingerprint density at radius 3 is 2.42 bits per heavy atom. The van der Waals surface area contributed by atoms with Gasteiger partial charge >= 0.3 is 0 Å². The number of halogens is 2. The fourth-order valence-corrected chi connectivity index (χ4v) is 3.42. The Labute approximate surface area is 138 Å². The molecule has 0 aromatic heterocycles. The molecule has 0 bridgehead atoms. The lowest BCUT2D eigenvalue weighted by Crippen LogP contribution is -2.12. The Hall–Kier alpha value is -0.830. The Morgan fingerprint density at radius 1 is 1.16 bits per heavy atom. The molecule has 0 fully saturated rings. The van der Waals surface area contributed by atoms with Gasteiger partial charge in [0.1, 0.15) is 5.75 Å². The van der Waals surface area contributed by atoms with Gasteiger partial charge in [-0.05, 0) is 76.4 Å². The third kappa shape index (κ3) is 3.59. The summed E-state index contributed by atoms with van der Waals surface area (Å²) in [5.74, 6) is -0.289. The van der Waals surface area contributed by atoms with Crippen LogP contribution in [0.3, 0.4) is 0 Å². The molecule has 1 amide bonds. The normalized spacial score (nSPS) is 10.3. The van der Waals surface area contributed by atoms with Crippen molar-refractivity contribution in [2.24, 2.45) is 0 Å². The molecule has 2 aromatic carbocycles. The van der Waals surface area contributed by atoms with Gasteiger partial charge in [-0.25, -0.2) is 0 Å². The quantitative estimate of drug-likeness (QED) is 0.637. The summed E-state index contributed by atoms with van der Waals surface area (Å²) in [6, 6.07) is 11.0. The Bertz CT molecular complexity index is 624. The zero-order valence-electron chi connectivity index (χ0n) is 10.1. The molecule has 2 N–H and O–H groups in total. The molecule has 0 aliphatic heterocycles. The van der Waals surface area contributed by atoms with Gasteiger partial charge in [-0.2, -0.15) is 0 Å². The predicted molar refractivity (Wildman–Crippen MR) is 92.7 cm³/mol. The first-order chi connectivity index (χ1) is 8.97. The van der Waals surface area contributed by atoms with E-state index in [0.29, 0.717) is 9.26 Å². The SMILES string of the molecule is Cc1ccc(NC(=O)c2cc(I)cc(I)c2O)cc1. The van der Waals surface area contributed by atoms with Crippen molar-refractivity contribution >= 4 is 56.8 Å². The number of amides is 1. The standard InChI is InChI=1S/C14H11I2NO2/c1-8-2-4-10(5-3-8)17-14(19)11-6-9(15)7-12(16)13(11)18/h2-7,18H,1H3,(H,17,19). The van der Waals surface area contributed by atoms with Gasteiger partial charge in [0.2, 0.25) is 0 Å². The topological polar surface area (TPSA) is 49.3 Å². The molecule has 19 heavy (non-hydrogen) atoms. The second-order valence-electron chi connectivity index (χ2n) is 4.10. The average Bonchev–Trinajstić information content (AvgIpc) is 2.36. The molecule has 0 heterocycles. The second kappa shape index (κ2) is 6.08. The van der Waals surface area contributed by atoms with Crippen LogP contribution in [-0.4, -0.2) is 11.0 Å². The van der Waals surface area contributed by atoms with Crippen LogP contribution < -0.4 is 5.32 Å². The lowest BCUT2D eigenvalue weighted by molar-refractivity contribution is 0.102. The van der Waals surface area contributed by atoms with Crippen molar-refractivity contribution in [1.29, 1.82) is 0 Å². The Balaban J connectivity index is 2.27. The predicted octanol–water partition coefficient (Wildman–Crippen LogP) is 4.16. The average molecular weight is 479 g/mol. The summed E-state index contributed by atoms with van der Waals surface area (Å²) in [6.45, 7) is 1.99. The van der Waals surface area contributed by atoms with E-state index in [0.717, 1.165) is 9.13 Å². The number of phenolic OH excluding ortho intramolecular Hbond substituents is 1. The number of aromatic hydroxyl groups is 1. The maximum atomic E-state index is 12.1. The highest BCUT2D eigenvalue weighted by molar-refractivity contribution is 14.1. The number of carbonyl (C=O) groups excluding carboxylic acids is 1. The number of rotatable bonds is 2. The van der Waals surface area contributed by atoms with E-state index in [4.69, 9.17) is 0 Å². The first kappa shape index (κ1) is 14.6. The van der Waals surface area contributed by atoms with Gasteiger partial charge in [-0.3, -0.25) is 4.79 Å². The van der Waals surface area contributed by atoms with Crippen LogP contribution in [0.4, 0.5) is 5.69 Å². The van der Waals surface area contributed by atoms with Crippen LogP contribution in [0.1, 0.15) is 15.9 Å². The van der Waals surface area contributed by atoms with Crippen LogP contribution in [0.25, 0.3) is 0 Å². The Morgan fingerprint density at radius 2 is 1.79 bits per heavy atom. The highest BCUT2D eigenvalue weighted by Gasteiger charge is 2.14. The van der Waals surface area contributed by atoms with Crippen molar-refractivity contribution in [3.05, 3.63) is 54.7 Å². The number of phenols is 1. The first-order valence-electron chi connectivity index (χ1n) is 5.53. The molecular formula is C14H11I2NO2. The summed E-state index contributed by atoms with van der Waals surface area (Å²) in [5, 5.41) is 12.7. The number of aryl methyl sites for hydroxylation is 1. The highest BCUT2D eigenvalue weighted by Crippen LogP contribution is 2.27. The summed E-state index contributed by atoms with van der Waals surface area (Å²) >= 11 is 4.13. The Kier molecular flexibility index (Phi) is 4.67. The van der Waals surface area contributed by atoms with Crippen LogP contribution in [0.15, 0.2) is 36.4 Å². The number of hydrogen-bond donors (Lipinski definition) is 2. The molecule has 0 saturated heterocycles. The molecule has 0 aliphatic rings. The zero-order chi connectivity index (χ0) is 14.0. The lowest BCUT2D eigenvalue weighted by Gasteiger charge is -2.09. The van der Waals surface area contributed by atoms with E-state index in [1.54, 1.807) is 6.07 Å². The van der Waals surface area contributed by atoms with Gasteiger partial charge < -0.3 is 10.4 Å².